The molecule has 0 aliphatic carbocycles. The van der Waals surface area contributed by atoms with E-state index < -0.39 is 6.10 Å². The van der Waals surface area contributed by atoms with E-state index in [0.29, 0.717) is 24.7 Å². The van der Waals surface area contributed by atoms with Crippen LogP contribution < -0.4 is 9.47 Å². The number of methoxy groups -OCH3 is 1. The Morgan fingerprint density at radius 3 is 2.52 bits per heavy atom. The van der Waals surface area contributed by atoms with Crippen LogP contribution in [-0.4, -0.2) is 58.8 Å². The largest absolute Gasteiger partial charge is 0.497 e. The summed E-state index contributed by atoms with van der Waals surface area (Å²) in [6, 6.07) is 17.5. The summed E-state index contributed by atoms with van der Waals surface area (Å²) in [5.41, 5.74) is 2.81. The van der Waals surface area contributed by atoms with Gasteiger partial charge in [-0.1, -0.05) is 18.2 Å². The number of hydrogen-bond donors (Lipinski definition) is 1. The number of aliphatic hydroxyl groups is 1. The van der Waals surface area contributed by atoms with Gasteiger partial charge in [0.1, 0.15) is 11.5 Å². The van der Waals surface area contributed by atoms with Gasteiger partial charge in [-0.25, -0.2) is 4.68 Å². The lowest BCUT2D eigenvalue weighted by Gasteiger charge is -2.26. The van der Waals surface area contributed by atoms with Crippen molar-refractivity contribution in [2.45, 2.75) is 45.4 Å². The quantitative estimate of drug-likeness (QED) is 0.494. The molecule has 7 heteroatoms. The summed E-state index contributed by atoms with van der Waals surface area (Å²) in [4.78, 5) is 2.24. The SMILES string of the molecule is COc1ccc(Oc2c(CN(C[C@@H]3CCCO3)C[C@H](C)O)c(C)nn2-c2ccccc2)cc1. The van der Waals surface area contributed by atoms with Gasteiger partial charge in [-0.2, -0.15) is 5.10 Å². The fourth-order valence-corrected chi connectivity index (χ4v) is 4.20. The standard InChI is InChI=1S/C26H33N3O4/c1-19(30)16-28(17-24-10-7-15-32-24)18-25-20(2)27-29(21-8-5-4-6-9-21)26(25)33-23-13-11-22(31-3)12-14-23/h4-6,8-9,11-14,19,24,30H,7,10,15-18H2,1-3H3/t19-,24-/m0/s1. The van der Waals surface area contributed by atoms with Gasteiger partial charge in [0.15, 0.2) is 0 Å². The number of rotatable bonds is 10. The van der Waals surface area contributed by atoms with E-state index in [0.717, 1.165) is 48.7 Å². The first-order valence-corrected chi connectivity index (χ1v) is 11.5. The van der Waals surface area contributed by atoms with Gasteiger partial charge < -0.3 is 19.3 Å². The predicted octanol–water partition coefficient (Wildman–Crippen LogP) is 4.34. The van der Waals surface area contributed by atoms with Crippen LogP contribution in [0.15, 0.2) is 54.6 Å². The molecule has 2 aromatic carbocycles. The molecule has 1 aromatic heterocycles. The molecule has 4 rings (SSSR count). The van der Waals surface area contributed by atoms with E-state index in [2.05, 4.69) is 4.90 Å². The molecular weight excluding hydrogens is 418 g/mol. The fraction of sp³-hybridized carbons (Fsp3) is 0.423. The Labute approximate surface area is 195 Å². The number of benzene rings is 2. The third-order valence-electron chi connectivity index (χ3n) is 5.80. The molecule has 1 aliphatic rings. The van der Waals surface area contributed by atoms with Crippen LogP contribution in [0, 0.1) is 6.92 Å². The molecule has 1 N–H and O–H groups in total. The highest BCUT2D eigenvalue weighted by Crippen LogP contribution is 2.32. The maximum absolute atomic E-state index is 10.1. The minimum Gasteiger partial charge on any atom is -0.497 e. The van der Waals surface area contributed by atoms with Crippen molar-refractivity contribution in [2.24, 2.45) is 0 Å². The van der Waals surface area contributed by atoms with Crippen molar-refractivity contribution in [3.05, 3.63) is 65.9 Å². The van der Waals surface area contributed by atoms with E-state index in [4.69, 9.17) is 19.3 Å². The zero-order chi connectivity index (χ0) is 23.2. The summed E-state index contributed by atoms with van der Waals surface area (Å²) in [5, 5.41) is 15.0. The number of hydrogen-bond acceptors (Lipinski definition) is 6. The van der Waals surface area contributed by atoms with Crippen LogP contribution in [0.4, 0.5) is 0 Å². The van der Waals surface area contributed by atoms with Crippen LogP contribution in [-0.2, 0) is 11.3 Å². The average molecular weight is 452 g/mol. The normalized spacial score (nSPS) is 16.8. The molecule has 1 saturated heterocycles. The van der Waals surface area contributed by atoms with E-state index in [1.54, 1.807) is 7.11 Å². The molecule has 2 atom stereocenters. The summed E-state index contributed by atoms with van der Waals surface area (Å²) in [6.45, 7) is 6.55. The van der Waals surface area contributed by atoms with Crippen LogP contribution in [0.2, 0.25) is 0 Å². The number of ether oxygens (including phenoxy) is 3. The van der Waals surface area contributed by atoms with Gasteiger partial charge in [0, 0.05) is 26.2 Å². The van der Waals surface area contributed by atoms with Gasteiger partial charge in [-0.15, -0.1) is 0 Å². The van der Waals surface area contributed by atoms with Gasteiger partial charge in [-0.05, 0) is 63.1 Å². The first-order valence-electron chi connectivity index (χ1n) is 11.5. The first-order chi connectivity index (χ1) is 16.0. The molecule has 0 amide bonds. The summed E-state index contributed by atoms with van der Waals surface area (Å²) in [6.07, 6.45) is 1.89. The summed E-state index contributed by atoms with van der Waals surface area (Å²) >= 11 is 0. The molecule has 3 aromatic rings. The minimum atomic E-state index is -0.443. The van der Waals surface area contributed by atoms with Crippen LogP contribution in [0.25, 0.3) is 5.69 Å². The van der Waals surface area contributed by atoms with Crippen molar-refractivity contribution in [1.82, 2.24) is 14.7 Å². The van der Waals surface area contributed by atoms with Gasteiger partial charge in [-0.3, -0.25) is 4.90 Å². The Bertz CT molecular complexity index is 1010. The molecular formula is C26H33N3O4. The molecule has 0 radical (unpaired) electrons. The van der Waals surface area contributed by atoms with E-state index in [1.165, 1.54) is 0 Å². The minimum absolute atomic E-state index is 0.194. The van der Waals surface area contributed by atoms with Crippen molar-refractivity contribution in [1.29, 1.82) is 0 Å². The molecule has 0 unspecified atom stereocenters. The third-order valence-corrected chi connectivity index (χ3v) is 5.80. The number of nitrogens with zero attached hydrogens (tertiary/aromatic N) is 3. The molecule has 0 spiro atoms. The lowest BCUT2D eigenvalue weighted by molar-refractivity contribution is 0.0500. The highest BCUT2D eigenvalue weighted by Gasteiger charge is 2.25. The first kappa shape index (κ1) is 23.3. The van der Waals surface area contributed by atoms with Crippen molar-refractivity contribution in [3.63, 3.8) is 0 Å². The van der Waals surface area contributed by atoms with Crippen LogP contribution >= 0.6 is 0 Å². The Hall–Kier alpha value is -2.87. The second-order valence-electron chi connectivity index (χ2n) is 8.57. The molecule has 1 fully saturated rings. The molecule has 33 heavy (non-hydrogen) atoms. The zero-order valence-electron chi connectivity index (χ0n) is 19.6. The van der Waals surface area contributed by atoms with E-state index >= 15 is 0 Å². The zero-order valence-corrected chi connectivity index (χ0v) is 19.6. The maximum Gasteiger partial charge on any atom is 0.227 e. The summed E-state index contributed by atoms with van der Waals surface area (Å²) < 4.78 is 19.4. The Kier molecular flexibility index (Phi) is 7.65. The summed E-state index contributed by atoms with van der Waals surface area (Å²) in [5.74, 6) is 2.15. The van der Waals surface area contributed by atoms with Crippen molar-refractivity contribution in [2.75, 3.05) is 26.8 Å². The molecule has 176 valence electrons. The smallest absolute Gasteiger partial charge is 0.227 e. The van der Waals surface area contributed by atoms with Crippen LogP contribution in [0.5, 0.6) is 17.4 Å². The molecule has 1 aliphatic heterocycles. The number of aliphatic hydroxyl groups excluding tert-OH is 1. The van der Waals surface area contributed by atoms with Gasteiger partial charge in [0.25, 0.3) is 0 Å². The monoisotopic (exact) mass is 451 g/mol. The number of para-hydroxylation sites is 1. The van der Waals surface area contributed by atoms with Gasteiger partial charge in [0.05, 0.1) is 36.3 Å². The van der Waals surface area contributed by atoms with Crippen molar-refractivity contribution < 1.29 is 19.3 Å². The fourth-order valence-electron chi connectivity index (χ4n) is 4.20. The summed E-state index contributed by atoms with van der Waals surface area (Å²) in [7, 11) is 1.65. The number of aromatic nitrogens is 2. The van der Waals surface area contributed by atoms with Gasteiger partial charge in [0.2, 0.25) is 5.88 Å². The molecule has 2 heterocycles. The third kappa shape index (κ3) is 5.93. The molecule has 0 bridgehead atoms. The average Bonchev–Trinajstić information content (AvgIpc) is 3.43. The van der Waals surface area contributed by atoms with E-state index in [9.17, 15) is 5.11 Å². The number of aryl methyl sites for hydroxylation is 1. The van der Waals surface area contributed by atoms with E-state index in [1.807, 2.05) is 73.1 Å². The Morgan fingerprint density at radius 1 is 1.15 bits per heavy atom. The van der Waals surface area contributed by atoms with Gasteiger partial charge >= 0.3 is 0 Å². The maximum atomic E-state index is 10.1. The van der Waals surface area contributed by atoms with Crippen molar-refractivity contribution in [3.8, 4) is 23.1 Å². The highest BCUT2D eigenvalue weighted by atomic mass is 16.5. The lowest BCUT2D eigenvalue weighted by atomic mass is 10.1. The van der Waals surface area contributed by atoms with E-state index in [-0.39, 0.29) is 6.10 Å². The molecule has 7 nitrogen and oxygen atoms in total. The van der Waals surface area contributed by atoms with Crippen molar-refractivity contribution >= 4 is 0 Å². The topological polar surface area (TPSA) is 69.0 Å². The molecule has 0 saturated carbocycles. The second-order valence-corrected chi connectivity index (χ2v) is 8.57. The predicted molar refractivity (Wildman–Crippen MR) is 127 cm³/mol. The second kappa shape index (κ2) is 10.8. The Morgan fingerprint density at radius 2 is 1.88 bits per heavy atom. The highest BCUT2D eigenvalue weighted by molar-refractivity contribution is 5.44. The van der Waals surface area contributed by atoms with Crippen LogP contribution in [0.1, 0.15) is 31.0 Å². The Balaban J connectivity index is 1.68. The lowest BCUT2D eigenvalue weighted by Crippen LogP contribution is -2.36. The van der Waals surface area contributed by atoms with Crippen LogP contribution in [0.3, 0.4) is 0 Å².